The van der Waals surface area contributed by atoms with Crippen LogP contribution in [0.2, 0.25) is 0 Å². The number of rotatable bonds is 4. The first-order valence-electron chi connectivity index (χ1n) is 4.00. The van der Waals surface area contributed by atoms with Gasteiger partial charge in [-0.15, -0.1) is 0 Å². The number of ether oxygens (including phenoxy) is 2. The Bertz CT molecular complexity index is 313. The van der Waals surface area contributed by atoms with Crippen molar-refractivity contribution >= 4 is 5.97 Å². The molecule has 5 heteroatoms. The van der Waals surface area contributed by atoms with Gasteiger partial charge >= 0.3 is 5.97 Å². The van der Waals surface area contributed by atoms with Crippen molar-refractivity contribution in [3.05, 3.63) is 24.0 Å². The Morgan fingerprint density at radius 3 is 3.00 bits per heavy atom. The fourth-order valence-electron chi connectivity index (χ4n) is 0.830. The maximum absolute atomic E-state index is 10.7. The molecule has 0 aliphatic carbocycles. The fraction of sp³-hybridized carbons (Fsp3) is 0.333. The van der Waals surface area contributed by atoms with E-state index in [1.165, 1.54) is 19.5 Å². The van der Waals surface area contributed by atoms with Crippen LogP contribution in [0.4, 0.5) is 0 Å². The molecular weight excluding hydrogens is 186 g/mol. The molecule has 0 saturated heterocycles. The minimum absolute atomic E-state index is 0.109. The fourth-order valence-corrected chi connectivity index (χ4v) is 0.830. The molecule has 5 nitrogen and oxygen atoms in total. The second kappa shape index (κ2) is 5.18. The molecule has 0 unspecified atom stereocenters. The molecule has 76 valence electrons. The van der Waals surface area contributed by atoms with Crippen LogP contribution in [-0.4, -0.2) is 29.8 Å². The SMILES string of the molecule is COC(=O)COc1cncc(CO)c1. The maximum Gasteiger partial charge on any atom is 0.343 e. The van der Waals surface area contributed by atoms with Crippen molar-refractivity contribution in [2.45, 2.75) is 6.61 Å². The summed E-state index contributed by atoms with van der Waals surface area (Å²) in [6, 6.07) is 1.61. The molecule has 0 bridgehead atoms. The number of esters is 1. The van der Waals surface area contributed by atoms with Crippen LogP contribution in [0.15, 0.2) is 18.5 Å². The average Bonchev–Trinajstić information content (AvgIpc) is 2.26. The average molecular weight is 197 g/mol. The Hall–Kier alpha value is -1.62. The lowest BCUT2D eigenvalue weighted by atomic mass is 10.3. The summed E-state index contributed by atoms with van der Waals surface area (Å²) in [5.41, 5.74) is 0.632. The van der Waals surface area contributed by atoms with Gasteiger partial charge in [-0.2, -0.15) is 0 Å². The molecule has 1 heterocycles. The van der Waals surface area contributed by atoms with Crippen molar-refractivity contribution < 1.29 is 19.4 Å². The third-order valence-corrected chi connectivity index (χ3v) is 1.54. The number of methoxy groups -OCH3 is 1. The predicted octanol–water partition coefficient (Wildman–Crippen LogP) is 0.126. The normalized spacial score (nSPS) is 9.57. The third kappa shape index (κ3) is 3.02. The third-order valence-electron chi connectivity index (χ3n) is 1.54. The van der Waals surface area contributed by atoms with Crippen LogP contribution in [0.5, 0.6) is 5.75 Å². The number of carbonyl (C=O) groups is 1. The quantitative estimate of drug-likeness (QED) is 0.694. The van der Waals surface area contributed by atoms with Crippen molar-refractivity contribution in [1.82, 2.24) is 4.98 Å². The molecular formula is C9H11NO4. The lowest BCUT2D eigenvalue weighted by Gasteiger charge is -2.04. The Kier molecular flexibility index (Phi) is 3.87. The number of hydrogen-bond acceptors (Lipinski definition) is 5. The van der Waals surface area contributed by atoms with E-state index in [2.05, 4.69) is 9.72 Å². The summed E-state index contributed by atoms with van der Waals surface area (Å²) in [4.78, 5) is 14.5. The van der Waals surface area contributed by atoms with Crippen LogP contribution in [0.1, 0.15) is 5.56 Å². The van der Waals surface area contributed by atoms with Crippen molar-refractivity contribution in [3.63, 3.8) is 0 Å². The van der Waals surface area contributed by atoms with Crippen LogP contribution in [0, 0.1) is 0 Å². The molecule has 1 rings (SSSR count). The molecule has 0 aromatic carbocycles. The highest BCUT2D eigenvalue weighted by molar-refractivity contribution is 5.70. The molecule has 0 amide bonds. The number of hydrogen-bond donors (Lipinski definition) is 1. The molecule has 0 spiro atoms. The summed E-state index contributed by atoms with van der Waals surface area (Å²) in [7, 11) is 1.29. The minimum Gasteiger partial charge on any atom is -0.480 e. The summed E-state index contributed by atoms with van der Waals surface area (Å²) < 4.78 is 9.45. The van der Waals surface area contributed by atoms with E-state index < -0.39 is 5.97 Å². The molecule has 0 radical (unpaired) electrons. The minimum atomic E-state index is -0.459. The Morgan fingerprint density at radius 2 is 2.36 bits per heavy atom. The van der Waals surface area contributed by atoms with Crippen molar-refractivity contribution in [1.29, 1.82) is 0 Å². The van der Waals surface area contributed by atoms with E-state index >= 15 is 0 Å². The number of carbonyl (C=O) groups excluding carboxylic acids is 1. The first-order chi connectivity index (χ1) is 6.76. The van der Waals surface area contributed by atoms with Gasteiger partial charge in [0, 0.05) is 6.20 Å². The lowest BCUT2D eigenvalue weighted by molar-refractivity contribution is -0.142. The van der Waals surface area contributed by atoms with E-state index in [-0.39, 0.29) is 13.2 Å². The van der Waals surface area contributed by atoms with E-state index in [0.29, 0.717) is 11.3 Å². The van der Waals surface area contributed by atoms with Gasteiger partial charge in [0.05, 0.1) is 19.9 Å². The van der Waals surface area contributed by atoms with E-state index in [1.54, 1.807) is 6.07 Å². The zero-order chi connectivity index (χ0) is 10.4. The lowest BCUT2D eigenvalue weighted by Crippen LogP contribution is -2.12. The molecule has 14 heavy (non-hydrogen) atoms. The van der Waals surface area contributed by atoms with Crippen LogP contribution in [0.25, 0.3) is 0 Å². The van der Waals surface area contributed by atoms with Crippen LogP contribution in [0.3, 0.4) is 0 Å². The van der Waals surface area contributed by atoms with Gasteiger partial charge < -0.3 is 14.6 Å². The van der Waals surface area contributed by atoms with Crippen molar-refractivity contribution in [3.8, 4) is 5.75 Å². The highest BCUT2D eigenvalue weighted by Gasteiger charge is 2.02. The first-order valence-corrected chi connectivity index (χ1v) is 4.00. The molecule has 0 fully saturated rings. The highest BCUT2D eigenvalue weighted by Crippen LogP contribution is 2.10. The molecule has 0 aliphatic heterocycles. The van der Waals surface area contributed by atoms with Gasteiger partial charge in [-0.3, -0.25) is 4.98 Å². The van der Waals surface area contributed by atoms with Gasteiger partial charge in [-0.25, -0.2) is 4.79 Å². The second-order valence-electron chi connectivity index (χ2n) is 2.55. The number of aliphatic hydroxyl groups excluding tert-OH is 1. The number of nitrogens with zero attached hydrogens (tertiary/aromatic N) is 1. The summed E-state index contributed by atoms with van der Waals surface area (Å²) in [6.07, 6.45) is 2.98. The molecule has 1 aromatic rings. The maximum atomic E-state index is 10.7. The monoisotopic (exact) mass is 197 g/mol. The summed E-state index contributed by atoms with van der Waals surface area (Å²) in [5.74, 6) is -0.0265. The van der Waals surface area contributed by atoms with Gasteiger partial charge in [-0.05, 0) is 11.6 Å². The van der Waals surface area contributed by atoms with Crippen LogP contribution in [-0.2, 0) is 16.1 Å². The zero-order valence-electron chi connectivity index (χ0n) is 7.77. The van der Waals surface area contributed by atoms with Crippen LogP contribution < -0.4 is 4.74 Å². The smallest absolute Gasteiger partial charge is 0.343 e. The van der Waals surface area contributed by atoms with E-state index in [0.717, 1.165) is 0 Å². The topological polar surface area (TPSA) is 68.7 Å². The Morgan fingerprint density at radius 1 is 1.57 bits per heavy atom. The van der Waals surface area contributed by atoms with Crippen LogP contribution >= 0.6 is 0 Å². The second-order valence-corrected chi connectivity index (χ2v) is 2.55. The molecule has 0 atom stereocenters. The number of aliphatic hydroxyl groups is 1. The number of pyridine rings is 1. The Labute approximate surface area is 81.3 Å². The Balaban J connectivity index is 2.54. The van der Waals surface area contributed by atoms with Gasteiger partial charge in [0.1, 0.15) is 5.75 Å². The largest absolute Gasteiger partial charge is 0.480 e. The van der Waals surface area contributed by atoms with Gasteiger partial charge in [-0.1, -0.05) is 0 Å². The number of aromatic nitrogens is 1. The van der Waals surface area contributed by atoms with Gasteiger partial charge in [0.15, 0.2) is 6.61 Å². The first kappa shape index (κ1) is 10.5. The summed E-state index contributed by atoms with van der Waals surface area (Å²) >= 11 is 0. The van der Waals surface area contributed by atoms with E-state index in [4.69, 9.17) is 9.84 Å². The standard InChI is InChI=1S/C9H11NO4/c1-13-9(12)6-14-8-2-7(5-11)3-10-4-8/h2-4,11H,5-6H2,1H3. The van der Waals surface area contributed by atoms with E-state index in [9.17, 15) is 4.79 Å². The summed E-state index contributed by atoms with van der Waals surface area (Å²) in [6.45, 7) is -0.268. The van der Waals surface area contributed by atoms with Gasteiger partial charge in [0.2, 0.25) is 0 Å². The predicted molar refractivity (Wildman–Crippen MR) is 47.7 cm³/mol. The molecule has 1 N–H and O–H groups in total. The molecule has 0 aliphatic rings. The zero-order valence-corrected chi connectivity index (χ0v) is 7.77. The van der Waals surface area contributed by atoms with Crippen molar-refractivity contribution in [2.24, 2.45) is 0 Å². The van der Waals surface area contributed by atoms with E-state index in [1.807, 2.05) is 0 Å². The molecule has 0 saturated carbocycles. The van der Waals surface area contributed by atoms with Gasteiger partial charge in [0.25, 0.3) is 0 Å². The highest BCUT2D eigenvalue weighted by atomic mass is 16.6. The molecule has 1 aromatic heterocycles. The van der Waals surface area contributed by atoms with Crippen molar-refractivity contribution in [2.75, 3.05) is 13.7 Å². The summed E-state index contributed by atoms with van der Waals surface area (Å²) in [5, 5.41) is 8.80.